The minimum absolute atomic E-state index is 0.205. The Morgan fingerprint density at radius 3 is 3.00 bits per heavy atom. The van der Waals surface area contributed by atoms with Gasteiger partial charge in [-0.3, -0.25) is 0 Å². The molecule has 0 amide bonds. The van der Waals surface area contributed by atoms with Crippen LogP contribution < -0.4 is 0 Å². The van der Waals surface area contributed by atoms with Gasteiger partial charge in [0.1, 0.15) is 12.7 Å². The number of hydrogen-bond donors (Lipinski definition) is 0. The monoisotopic (exact) mass is 195 g/mol. The van der Waals surface area contributed by atoms with Gasteiger partial charge in [0.15, 0.2) is 5.82 Å². The Balaban J connectivity index is 2.57. The summed E-state index contributed by atoms with van der Waals surface area (Å²) in [7, 11) is 0. The van der Waals surface area contributed by atoms with Crippen molar-refractivity contribution in [2.75, 3.05) is 0 Å². The number of halogens is 1. The van der Waals surface area contributed by atoms with E-state index < -0.39 is 0 Å². The molecule has 66 valence electrons. The highest BCUT2D eigenvalue weighted by atomic mass is 35.5. The van der Waals surface area contributed by atoms with Crippen molar-refractivity contribution in [3.8, 4) is 5.82 Å². The summed E-state index contributed by atoms with van der Waals surface area (Å²) in [5, 5.41) is 4.15. The fourth-order valence-corrected chi connectivity index (χ4v) is 1.09. The van der Waals surface area contributed by atoms with Crippen LogP contribution in [0.25, 0.3) is 5.82 Å². The third kappa shape index (κ3) is 1.50. The van der Waals surface area contributed by atoms with E-state index in [-0.39, 0.29) is 5.28 Å². The Hall–Kier alpha value is -1.49. The Kier molecular flexibility index (Phi) is 1.94. The third-order valence-electron chi connectivity index (χ3n) is 1.55. The molecule has 0 aliphatic carbocycles. The lowest BCUT2D eigenvalue weighted by molar-refractivity contribution is 0.828. The van der Waals surface area contributed by atoms with Crippen LogP contribution in [0.4, 0.5) is 0 Å². The van der Waals surface area contributed by atoms with Crippen molar-refractivity contribution in [3.05, 3.63) is 29.7 Å². The summed E-state index contributed by atoms with van der Waals surface area (Å²) in [6.45, 7) is 1.88. The van der Waals surface area contributed by atoms with Gasteiger partial charge in [0.25, 0.3) is 0 Å². The topological polar surface area (TPSA) is 56.5 Å². The molecular formula is C7H6ClN5. The molecule has 0 radical (unpaired) electrons. The second-order valence-electron chi connectivity index (χ2n) is 2.49. The maximum absolute atomic E-state index is 5.65. The second kappa shape index (κ2) is 3.10. The van der Waals surface area contributed by atoms with Crippen LogP contribution in [-0.4, -0.2) is 24.7 Å². The van der Waals surface area contributed by atoms with Gasteiger partial charge in [-0.15, -0.1) is 0 Å². The lowest BCUT2D eigenvalue weighted by Crippen LogP contribution is -2.02. The molecule has 0 aliphatic heterocycles. The van der Waals surface area contributed by atoms with Crippen LogP contribution in [0.5, 0.6) is 0 Å². The van der Waals surface area contributed by atoms with Crippen molar-refractivity contribution in [1.29, 1.82) is 0 Å². The smallest absolute Gasteiger partial charge is 0.224 e. The van der Waals surface area contributed by atoms with E-state index in [4.69, 9.17) is 11.6 Å². The summed E-state index contributed by atoms with van der Waals surface area (Å²) < 4.78 is 1.54. The second-order valence-corrected chi connectivity index (χ2v) is 2.82. The number of rotatable bonds is 1. The van der Waals surface area contributed by atoms with Crippen LogP contribution in [0, 0.1) is 6.92 Å². The first-order valence-electron chi connectivity index (χ1n) is 3.61. The van der Waals surface area contributed by atoms with E-state index in [1.54, 1.807) is 17.2 Å². The van der Waals surface area contributed by atoms with E-state index in [1.165, 1.54) is 6.33 Å². The van der Waals surface area contributed by atoms with Gasteiger partial charge in [0.05, 0.1) is 0 Å². The van der Waals surface area contributed by atoms with Crippen molar-refractivity contribution >= 4 is 11.6 Å². The summed E-state index contributed by atoms with van der Waals surface area (Å²) >= 11 is 5.65. The minimum Gasteiger partial charge on any atom is -0.226 e. The van der Waals surface area contributed by atoms with Crippen molar-refractivity contribution in [3.63, 3.8) is 0 Å². The summed E-state index contributed by atoms with van der Waals surface area (Å²) in [5.41, 5.74) is 0.898. The molecule has 5 nitrogen and oxygen atoms in total. The number of aryl methyl sites for hydroxylation is 1. The molecule has 2 rings (SSSR count). The molecule has 0 aromatic carbocycles. The van der Waals surface area contributed by atoms with Gasteiger partial charge in [0.2, 0.25) is 5.28 Å². The molecule has 0 unspecified atom stereocenters. The summed E-state index contributed by atoms with van der Waals surface area (Å²) in [4.78, 5) is 11.7. The molecule has 0 atom stereocenters. The molecule has 2 heterocycles. The van der Waals surface area contributed by atoms with Crippen LogP contribution in [0.1, 0.15) is 5.56 Å². The molecule has 0 spiro atoms. The SMILES string of the molecule is Cc1cnc(Cl)nc1-n1cncn1. The van der Waals surface area contributed by atoms with E-state index in [0.717, 1.165) is 5.56 Å². The summed E-state index contributed by atoms with van der Waals surface area (Å²) in [5.74, 6) is 0.650. The predicted molar refractivity (Wildman–Crippen MR) is 46.7 cm³/mol. The summed E-state index contributed by atoms with van der Waals surface area (Å²) in [6.07, 6.45) is 4.65. The highest BCUT2D eigenvalue weighted by Gasteiger charge is 2.04. The zero-order valence-corrected chi connectivity index (χ0v) is 7.60. The van der Waals surface area contributed by atoms with Gasteiger partial charge in [-0.2, -0.15) is 10.1 Å². The quantitative estimate of drug-likeness (QED) is 0.638. The van der Waals surface area contributed by atoms with Crippen molar-refractivity contribution in [2.45, 2.75) is 6.92 Å². The number of aromatic nitrogens is 5. The maximum atomic E-state index is 5.65. The minimum atomic E-state index is 0.205. The first-order valence-corrected chi connectivity index (χ1v) is 3.99. The molecule has 6 heteroatoms. The predicted octanol–water partition coefficient (Wildman–Crippen LogP) is 1.02. The Bertz CT molecular complexity index is 411. The molecule has 0 fully saturated rings. The first-order chi connectivity index (χ1) is 6.27. The van der Waals surface area contributed by atoms with Gasteiger partial charge >= 0.3 is 0 Å². The molecule has 0 saturated heterocycles. The Labute approximate surface area is 79.4 Å². The summed E-state index contributed by atoms with van der Waals surface area (Å²) in [6, 6.07) is 0. The standard InChI is InChI=1S/C7H6ClN5/c1-5-2-10-7(8)12-6(5)13-4-9-3-11-13/h2-4H,1H3. The largest absolute Gasteiger partial charge is 0.226 e. The molecule has 2 aromatic heterocycles. The lowest BCUT2D eigenvalue weighted by atomic mass is 10.3. The normalized spacial score (nSPS) is 10.3. The zero-order chi connectivity index (χ0) is 9.26. The van der Waals surface area contributed by atoms with Crippen LogP contribution in [0.15, 0.2) is 18.9 Å². The van der Waals surface area contributed by atoms with E-state index >= 15 is 0 Å². The van der Waals surface area contributed by atoms with Gasteiger partial charge < -0.3 is 0 Å². The van der Waals surface area contributed by atoms with Crippen LogP contribution in [0.2, 0.25) is 5.28 Å². The molecule has 0 bridgehead atoms. The Morgan fingerprint density at radius 1 is 1.46 bits per heavy atom. The first kappa shape index (κ1) is 8.12. The van der Waals surface area contributed by atoms with Gasteiger partial charge in [-0.05, 0) is 18.5 Å². The lowest BCUT2D eigenvalue weighted by Gasteiger charge is -2.02. The molecule has 0 saturated carbocycles. The third-order valence-corrected chi connectivity index (χ3v) is 1.73. The van der Waals surface area contributed by atoms with E-state index in [0.29, 0.717) is 5.82 Å². The highest BCUT2D eigenvalue weighted by Crippen LogP contribution is 2.10. The van der Waals surface area contributed by atoms with Crippen molar-refractivity contribution in [2.24, 2.45) is 0 Å². The van der Waals surface area contributed by atoms with Crippen LogP contribution >= 0.6 is 11.6 Å². The van der Waals surface area contributed by atoms with Crippen LogP contribution in [-0.2, 0) is 0 Å². The van der Waals surface area contributed by atoms with Crippen LogP contribution in [0.3, 0.4) is 0 Å². The van der Waals surface area contributed by atoms with Gasteiger partial charge in [-0.1, -0.05) is 0 Å². The average Bonchev–Trinajstić information content (AvgIpc) is 2.61. The maximum Gasteiger partial charge on any atom is 0.224 e. The molecule has 13 heavy (non-hydrogen) atoms. The zero-order valence-electron chi connectivity index (χ0n) is 6.85. The fourth-order valence-electron chi connectivity index (χ4n) is 0.962. The highest BCUT2D eigenvalue weighted by molar-refractivity contribution is 6.28. The van der Waals surface area contributed by atoms with E-state index in [2.05, 4.69) is 20.1 Å². The van der Waals surface area contributed by atoms with Crippen molar-refractivity contribution in [1.82, 2.24) is 24.7 Å². The molecule has 0 N–H and O–H groups in total. The number of hydrogen-bond acceptors (Lipinski definition) is 4. The Morgan fingerprint density at radius 2 is 2.31 bits per heavy atom. The van der Waals surface area contributed by atoms with E-state index in [1.807, 2.05) is 6.92 Å². The molecule has 2 aromatic rings. The van der Waals surface area contributed by atoms with Gasteiger partial charge in [0, 0.05) is 11.8 Å². The fraction of sp³-hybridized carbons (Fsp3) is 0.143. The van der Waals surface area contributed by atoms with Gasteiger partial charge in [-0.25, -0.2) is 14.6 Å². The van der Waals surface area contributed by atoms with E-state index in [9.17, 15) is 0 Å². The molecule has 0 aliphatic rings. The molecular weight excluding hydrogens is 190 g/mol. The average molecular weight is 196 g/mol. The number of nitrogens with zero attached hydrogens (tertiary/aromatic N) is 5. The van der Waals surface area contributed by atoms with Crippen molar-refractivity contribution < 1.29 is 0 Å².